The Morgan fingerprint density at radius 1 is 0.864 bits per heavy atom. The van der Waals surface area contributed by atoms with Crippen LogP contribution < -0.4 is 0 Å². The second-order valence-corrected chi connectivity index (χ2v) is 11.2. The van der Waals surface area contributed by atoms with Crippen LogP contribution in [0.15, 0.2) is 0 Å². The van der Waals surface area contributed by atoms with E-state index in [1.165, 1.54) is 0 Å². The highest BCUT2D eigenvalue weighted by Gasteiger charge is 2.40. The summed E-state index contributed by atoms with van der Waals surface area (Å²) in [6.45, 7) is 13.3. The highest BCUT2D eigenvalue weighted by molar-refractivity contribution is 6.75. The Balaban J connectivity index is 3.54. The summed E-state index contributed by atoms with van der Waals surface area (Å²) in [5, 5.41) is 0.00852. The summed E-state index contributed by atoms with van der Waals surface area (Å²) in [4.78, 5) is 11.8. The molecular weight excluding hydrogens is 304 g/mol. The summed E-state index contributed by atoms with van der Waals surface area (Å²) in [6, 6.07) is 0. The highest BCUT2D eigenvalue weighted by Crippen LogP contribution is 2.36. The number of hydrogen-bond donors (Lipinski definition) is 0. The van der Waals surface area contributed by atoms with Gasteiger partial charge in [0.05, 0.1) is 39.6 Å². The quantitative estimate of drug-likeness (QED) is 0.402. The number of ether oxygens (including phenoxy) is 4. The zero-order chi connectivity index (χ0) is 17.1. The fourth-order valence-electron chi connectivity index (χ4n) is 1.20. The van der Waals surface area contributed by atoms with Crippen LogP contribution in [0.25, 0.3) is 0 Å². The minimum absolute atomic E-state index is 0.00852. The van der Waals surface area contributed by atoms with Gasteiger partial charge in [-0.3, -0.25) is 4.79 Å². The van der Waals surface area contributed by atoms with Gasteiger partial charge in [-0.15, -0.1) is 0 Å². The zero-order valence-corrected chi connectivity index (χ0v) is 15.9. The van der Waals surface area contributed by atoms with E-state index in [1.807, 2.05) is 13.1 Å². The molecule has 0 radical (unpaired) electrons. The average molecular weight is 337 g/mol. The topological polar surface area (TPSA) is 63.2 Å². The minimum atomic E-state index is -2.05. The molecule has 6 nitrogen and oxygen atoms in total. The average Bonchev–Trinajstić information content (AvgIpc) is 2.39. The SMILES string of the molecule is COCCOCCOCCOCC(=O)O[Si](C)(C)C(C)(C)C. The van der Waals surface area contributed by atoms with Crippen molar-refractivity contribution in [3.63, 3.8) is 0 Å². The molecule has 0 aliphatic carbocycles. The maximum atomic E-state index is 11.8. The van der Waals surface area contributed by atoms with Gasteiger partial charge in [0.15, 0.2) is 0 Å². The van der Waals surface area contributed by atoms with Gasteiger partial charge in [0.2, 0.25) is 0 Å². The molecule has 22 heavy (non-hydrogen) atoms. The molecule has 0 aliphatic rings. The Labute approximate surface area is 135 Å². The van der Waals surface area contributed by atoms with Gasteiger partial charge in [-0.25, -0.2) is 0 Å². The van der Waals surface area contributed by atoms with Crippen LogP contribution in [0.5, 0.6) is 0 Å². The lowest BCUT2D eigenvalue weighted by Crippen LogP contribution is -2.43. The summed E-state index contributed by atoms with van der Waals surface area (Å²) < 4.78 is 26.3. The number of rotatable bonds is 12. The van der Waals surface area contributed by atoms with Crippen molar-refractivity contribution in [1.82, 2.24) is 0 Å². The minimum Gasteiger partial charge on any atom is -0.517 e. The van der Waals surface area contributed by atoms with Crippen LogP contribution in [0.3, 0.4) is 0 Å². The fraction of sp³-hybridized carbons (Fsp3) is 0.933. The Morgan fingerprint density at radius 3 is 1.77 bits per heavy atom. The van der Waals surface area contributed by atoms with Gasteiger partial charge in [-0.05, 0) is 18.1 Å². The van der Waals surface area contributed by atoms with Crippen LogP contribution in [-0.2, 0) is 28.2 Å². The maximum Gasteiger partial charge on any atom is 0.318 e. The first-order valence-electron chi connectivity index (χ1n) is 7.64. The number of carbonyl (C=O) groups is 1. The van der Waals surface area contributed by atoms with E-state index >= 15 is 0 Å². The van der Waals surface area contributed by atoms with Crippen molar-refractivity contribution < 1.29 is 28.2 Å². The first-order chi connectivity index (χ1) is 10.2. The largest absolute Gasteiger partial charge is 0.517 e. The predicted octanol–water partition coefficient (Wildman–Crippen LogP) is 2.23. The monoisotopic (exact) mass is 336 g/mol. The van der Waals surface area contributed by atoms with Crippen molar-refractivity contribution in [3.8, 4) is 0 Å². The van der Waals surface area contributed by atoms with E-state index in [0.29, 0.717) is 39.6 Å². The molecule has 0 saturated heterocycles. The Bertz CT molecular complexity index is 301. The highest BCUT2D eigenvalue weighted by atomic mass is 28.4. The van der Waals surface area contributed by atoms with E-state index in [9.17, 15) is 4.79 Å². The summed E-state index contributed by atoms with van der Waals surface area (Å²) >= 11 is 0. The number of carbonyl (C=O) groups excluding carboxylic acids is 1. The van der Waals surface area contributed by atoms with Gasteiger partial charge in [0.25, 0.3) is 8.32 Å². The van der Waals surface area contributed by atoms with Crippen LogP contribution in [0, 0.1) is 0 Å². The summed E-state index contributed by atoms with van der Waals surface area (Å²) in [5.41, 5.74) is 0. The molecule has 0 aliphatic heterocycles. The molecule has 0 heterocycles. The van der Waals surface area contributed by atoms with E-state index in [4.69, 9.17) is 23.4 Å². The Morgan fingerprint density at radius 2 is 1.32 bits per heavy atom. The number of hydrogen-bond acceptors (Lipinski definition) is 6. The molecule has 0 saturated carbocycles. The lowest BCUT2D eigenvalue weighted by atomic mass is 10.2. The molecule has 0 bridgehead atoms. The van der Waals surface area contributed by atoms with E-state index < -0.39 is 8.32 Å². The van der Waals surface area contributed by atoms with Gasteiger partial charge < -0.3 is 23.4 Å². The third-order valence-electron chi connectivity index (χ3n) is 3.57. The molecule has 0 atom stereocenters. The van der Waals surface area contributed by atoms with E-state index in [1.54, 1.807) is 7.11 Å². The van der Waals surface area contributed by atoms with Crippen molar-refractivity contribution in [2.45, 2.75) is 38.9 Å². The van der Waals surface area contributed by atoms with Crippen molar-refractivity contribution in [2.24, 2.45) is 0 Å². The van der Waals surface area contributed by atoms with Crippen molar-refractivity contribution in [1.29, 1.82) is 0 Å². The second-order valence-electron chi connectivity index (χ2n) is 6.50. The standard InChI is InChI=1S/C15H32O6Si/c1-15(2,3)22(5,6)21-14(16)13-20-12-11-19-10-9-18-8-7-17-4/h7-13H2,1-6H3. The Hall–Kier alpha value is -0.473. The van der Waals surface area contributed by atoms with E-state index in [-0.39, 0.29) is 17.6 Å². The molecule has 0 unspecified atom stereocenters. The lowest BCUT2D eigenvalue weighted by Gasteiger charge is -2.35. The molecule has 132 valence electrons. The number of methoxy groups -OCH3 is 1. The third-order valence-corrected chi connectivity index (χ3v) is 7.92. The molecule has 0 spiro atoms. The summed E-state index contributed by atoms with van der Waals surface area (Å²) in [5.74, 6) is -0.297. The van der Waals surface area contributed by atoms with Crippen LogP contribution in [0.2, 0.25) is 18.1 Å². The summed E-state index contributed by atoms with van der Waals surface area (Å²) in [7, 11) is -0.421. The lowest BCUT2D eigenvalue weighted by molar-refractivity contribution is -0.141. The van der Waals surface area contributed by atoms with Gasteiger partial charge in [-0.1, -0.05) is 20.8 Å². The molecule has 0 aromatic rings. The van der Waals surface area contributed by atoms with E-state index in [2.05, 4.69) is 20.8 Å². The van der Waals surface area contributed by atoms with Crippen LogP contribution in [-0.4, -0.2) is 67.6 Å². The molecule has 0 N–H and O–H groups in total. The van der Waals surface area contributed by atoms with Gasteiger partial charge in [0.1, 0.15) is 6.61 Å². The van der Waals surface area contributed by atoms with Crippen molar-refractivity contribution in [2.75, 3.05) is 53.4 Å². The molecular formula is C15H32O6Si. The van der Waals surface area contributed by atoms with Gasteiger partial charge in [0, 0.05) is 7.11 Å². The smallest absolute Gasteiger partial charge is 0.318 e. The molecule has 0 aromatic heterocycles. The zero-order valence-electron chi connectivity index (χ0n) is 14.9. The fourth-order valence-corrected chi connectivity index (χ4v) is 2.14. The van der Waals surface area contributed by atoms with Crippen LogP contribution in [0.1, 0.15) is 20.8 Å². The van der Waals surface area contributed by atoms with Crippen LogP contribution in [0.4, 0.5) is 0 Å². The molecule has 0 rings (SSSR count). The molecule has 0 amide bonds. The first kappa shape index (κ1) is 21.5. The Kier molecular flexibility index (Phi) is 10.9. The van der Waals surface area contributed by atoms with Gasteiger partial charge in [-0.2, -0.15) is 0 Å². The first-order valence-corrected chi connectivity index (χ1v) is 10.6. The second kappa shape index (κ2) is 11.1. The van der Waals surface area contributed by atoms with Crippen molar-refractivity contribution in [3.05, 3.63) is 0 Å². The van der Waals surface area contributed by atoms with Crippen LogP contribution >= 0.6 is 0 Å². The summed E-state index contributed by atoms with van der Waals surface area (Å²) in [6.07, 6.45) is 0. The predicted molar refractivity (Wildman–Crippen MR) is 87.6 cm³/mol. The molecule has 7 heteroatoms. The van der Waals surface area contributed by atoms with E-state index in [0.717, 1.165) is 0 Å². The maximum absolute atomic E-state index is 11.8. The third kappa shape index (κ3) is 10.3. The molecule has 0 aromatic carbocycles. The molecule has 0 fully saturated rings. The van der Waals surface area contributed by atoms with Crippen molar-refractivity contribution >= 4 is 14.3 Å². The normalized spacial score (nSPS) is 12.5. The van der Waals surface area contributed by atoms with Gasteiger partial charge >= 0.3 is 5.97 Å².